The lowest BCUT2D eigenvalue weighted by Gasteiger charge is -2.00. The summed E-state index contributed by atoms with van der Waals surface area (Å²) < 4.78 is 10.00. The van der Waals surface area contributed by atoms with E-state index in [1.807, 2.05) is 6.07 Å². The number of aromatic nitrogens is 2. The monoisotopic (exact) mass is 279 g/mol. The fourth-order valence-electron chi connectivity index (χ4n) is 1.82. The van der Waals surface area contributed by atoms with Crippen molar-refractivity contribution in [1.82, 2.24) is 15.6 Å². The van der Waals surface area contributed by atoms with Crippen molar-refractivity contribution in [3.8, 4) is 0 Å². The average molecular weight is 279 g/mol. The van der Waals surface area contributed by atoms with Gasteiger partial charge in [0.15, 0.2) is 11.5 Å². The molecule has 0 bridgehead atoms. The summed E-state index contributed by atoms with van der Waals surface area (Å²) in [5.41, 5.74) is 1.36. The summed E-state index contributed by atoms with van der Waals surface area (Å²) in [6, 6.07) is 1.81. The van der Waals surface area contributed by atoms with Gasteiger partial charge in [0.05, 0.1) is 24.4 Å². The lowest BCUT2D eigenvalue weighted by atomic mass is 10.2. The van der Waals surface area contributed by atoms with Gasteiger partial charge in [-0.25, -0.2) is 0 Å². The molecule has 1 amide bonds. The van der Waals surface area contributed by atoms with Crippen molar-refractivity contribution in [3.63, 3.8) is 0 Å². The summed E-state index contributed by atoms with van der Waals surface area (Å²) in [5.74, 6) is 0.592. The normalized spacial score (nSPS) is 10.8. The molecule has 0 unspecified atom stereocenters. The van der Waals surface area contributed by atoms with Crippen LogP contribution in [-0.2, 0) is 19.6 Å². The maximum atomic E-state index is 11.9. The molecule has 0 aromatic carbocycles. The Bertz CT molecular complexity index is 588. The quantitative estimate of drug-likeness (QED) is 0.827. The fraction of sp³-hybridized carbons (Fsp3) is 0.462. The predicted molar refractivity (Wildman–Crippen MR) is 68.8 cm³/mol. The largest absolute Gasteiger partial charge is 0.391 e. The van der Waals surface area contributed by atoms with E-state index in [-0.39, 0.29) is 18.8 Å². The third kappa shape index (κ3) is 3.05. The second-order valence-corrected chi connectivity index (χ2v) is 4.44. The van der Waals surface area contributed by atoms with Gasteiger partial charge in [-0.15, -0.1) is 0 Å². The molecule has 0 fully saturated rings. The third-order valence-corrected chi connectivity index (χ3v) is 2.89. The van der Waals surface area contributed by atoms with Crippen LogP contribution in [0, 0.1) is 6.92 Å². The number of carbonyl (C=O) groups excluding carboxylic acids is 1. The Labute approximate surface area is 115 Å². The number of nitrogens with zero attached hydrogens (tertiary/aromatic N) is 2. The summed E-state index contributed by atoms with van der Waals surface area (Å²) in [6.07, 6.45) is 1.82. The minimum atomic E-state index is -0.417. The van der Waals surface area contributed by atoms with E-state index in [1.165, 1.54) is 0 Å². The van der Waals surface area contributed by atoms with Gasteiger partial charge >= 0.3 is 0 Å². The first-order valence-electron chi connectivity index (χ1n) is 6.44. The van der Waals surface area contributed by atoms with Gasteiger partial charge in [0, 0.05) is 6.07 Å². The van der Waals surface area contributed by atoms with Gasteiger partial charge in [0.25, 0.3) is 5.91 Å². The van der Waals surface area contributed by atoms with Crippen LogP contribution in [0.2, 0.25) is 0 Å². The van der Waals surface area contributed by atoms with Crippen molar-refractivity contribution in [2.24, 2.45) is 0 Å². The van der Waals surface area contributed by atoms with Crippen molar-refractivity contribution in [1.29, 1.82) is 0 Å². The highest BCUT2D eigenvalue weighted by Crippen LogP contribution is 2.13. The van der Waals surface area contributed by atoms with Crippen molar-refractivity contribution >= 4 is 5.91 Å². The number of aliphatic hydroxyl groups excluding tert-OH is 1. The van der Waals surface area contributed by atoms with Gasteiger partial charge < -0.3 is 19.5 Å². The smallest absolute Gasteiger partial charge is 0.274 e. The molecule has 2 aromatic rings. The van der Waals surface area contributed by atoms with Crippen molar-refractivity contribution in [3.05, 3.63) is 34.5 Å². The van der Waals surface area contributed by atoms with Crippen LogP contribution in [0.5, 0.6) is 0 Å². The highest BCUT2D eigenvalue weighted by Gasteiger charge is 2.19. The SMILES string of the molecule is CCCc1cc(CNC(=O)c2noc(C)c2CO)on1. The molecule has 7 nitrogen and oxygen atoms in total. The van der Waals surface area contributed by atoms with E-state index in [4.69, 9.17) is 9.05 Å². The van der Waals surface area contributed by atoms with Crippen LogP contribution in [0.25, 0.3) is 0 Å². The molecular weight excluding hydrogens is 262 g/mol. The molecule has 0 aliphatic heterocycles. The second-order valence-electron chi connectivity index (χ2n) is 4.44. The first-order valence-corrected chi connectivity index (χ1v) is 6.44. The molecule has 0 saturated carbocycles. The van der Waals surface area contributed by atoms with E-state index in [2.05, 4.69) is 22.6 Å². The van der Waals surface area contributed by atoms with E-state index in [0.29, 0.717) is 17.1 Å². The number of aryl methyl sites for hydroxylation is 2. The Hall–Kier alpha value is -2.15. The van der Waals surface area contributed by atoms with Crippen molar-refractivity contribution < 1.29 is 18.9 Å². The van der Waals surface area contributed by atoms with E-state index in [1.54, 1.807) is 6.92 Å². The molecule has 108 valence electrons. The van der Waals surface area contributed by atoms with Crippen LogP contribution in [0.15, 0.2) is 15.1 Å². The summed E-state index contributed by atoms with van der Waals surface area (Å²) in [7, 11) is 0. The van der Waals surface area contributed by atoms with Gasteiger partial charge in [0.1, 0.15) is 5.76 Å². The number of hydrogen-bond acceptors (Lipinski definition) is 6. The van der Waals surface area contributed by atoms with Crippen molar-refractivity contribution in [2.75, 3.05) is 0 Å². The fourth-order valence-corrected chi connectivity index (χ4v) is 1.82. The van der Waals surface area contributed by atoms with Crippen LogP contribution < -0.4 is 5.32 Å². The molecule has 0 aliphatic rings. The summed E-state index contributed by atoms with van der Waals surface area (Å²) >= 11 is 0. The minimum Gasteiger partial charge on any atom is -0.391 e. The zero-order chi connectivity index (χ0) is 14.5. The van der Waals surface area contributed by atoms with E-state index in [0.717, 1.165) is 18.5 Å². The highest BCUT2D eigenvalue weighted by molar-refractivity contribution is 5.93. The first-order chi connectivity index (χ1) is 9.65. The molecule has 2 rings (SSSR count). The van der Waals surface area contributed by atoms with Crippen LogP contribution >= 0.6 is 0 Å². The Kier molecular flexibility index (Phi) is 4.52. The topological polar surface area (TPSA) is 101 Å². The number of carbonyl (C=O) groups is 1. The van der Waals surface area contributed by atoms with Crippen LogP contribution in [0.1, 0.15) is 46.6 Å². The van der Waals surface area contributed by atoms with Gasteiger partial charge in [-0.05, 0) is 13.3 Å². The molecular formula is C13H17N3O4. The zero-order valence-corrected chi connectivity index (χ0v) is 11.5. The van der Waals surface area contributed by atoms with Gasteiger partial charge in [-0.3, -0.25) is 4.79 Å². The van der Waals surface area contributed by atoms with Gasteiger partial charge in [-0.2, -0.15) is 0 Å². The highest BCUT2D eigenvalue weighted by atomic mass is 16.5. The first kappa shape index (κ1) is 14.3. The molecule has 20 heavy (non-hydrogen) atoms. The maximum Gasteiger partial charge on any atom is 0.274 e. The zero-order valence-electron chi connectivity index (χ0n) is 11.5. The Balaban J connectivity index is 1.97. The van der Waals surface area contributed by atoms with Crippen LogP contribution in [0.4, 0.5) is 0 Å². The summed E-state index contributed by atoms with van der Waals surface area (Å²) in [5, 5.41) is 19.4. The molecule has 2 aromatic heterocycles. The number of aliphatic hydroxyl groups is 1. The molecule has 0 aliphatic carbocycles. The number of nitrogens with one attached hydrogen (secondary N) is 1. The van der Waals surface area contributed by atoms with Crippen LogP contribution in [-0.4, -0.2) is 21.3 Å². The lowest BCUT2D eigenvalue weighted by molar-refractivity contribution is 0.0935. The van der Waals surface area contributed by atoms with E-state index >= 15 is 0 Å². The minimum absolute atomic E-state index is 0.0956. The Morgan fingerprint density at radius 1 is 1.40 bits per heavy atom. The molecule has 2 heterocycles. The Morgan fingerprint density at radius 3 is 2.90 bits per heavy atom. The van der Waals surface area contributed by atoms with Crippen molar-refractivity contribution in [2.45, 2.75) is 39.8 Å². The summed E-state index contributed by atoms with van der Waals surface area (Å²) in [6.45, 7) is 3.62. The Morgan fingerprint density at radius 2 is 2.20 bits per heavy atom. The van der Waals surface area contributed by atoms with Gasteiger partial charge in [0.2, 0.25) is 0 Å². The van der Waals surface area contributed by atoms with Crippen LogP contribution in [0.3, 0.4) is 0 Å². The third-order valence-electron chi connectivity index (χ3n) is 2.89. The average Bonchev–Trinajstić information content (AvgIpc) is 3.03. The molecule has 0 spiro atoms. The molecule has 0 saturated heterocycles. The molecule has 7 heteroatoms. The maximum absolute atomic E-state index is 11.9. The lowest BCUT2D eigenvalue weighted by Crippen LogP contribution is -2.24. The van der Waals surface area contributed by atoms with E-state index < -0.39 is 5.91 Å². The molecule has 0 atom stereocenters. The van der Waals surface area contributed by atoms with Gasteiger partial charge in [-0.1, -0.05) is 23.7 Å². The molecule has 2 N–H and O–H groups in total. The number of rotatable bonds is 6. The standard InChI is InChI=1S/C13H17N3O4/c1-3-4-9-5-10(20-15-9)6-14-13(18)12-11(7-17)8(2)19-16-12/h5,17H,3-4,6-7H2,1-2H3,(H,14,18). The molecule has 0 radical (unpaired) electrons. The summed E-state index contributed by atoms with van der Waals surface area (Å²) in [4.78, 5) is 11.9. The number of amides is 1. The van der Waals surface area contributed by atoms with E-state index in [9.17, 15) is 9.90 Å². The predicted octanol–water partition coefficient (Wildman–Crippen LogP) is 1.35. The number of hydrogen-bond donors (Lipinski definition) is 2. The second kappa shape index (κ2) is 6.33.